The van der Waals surface area contributed by atoms with Crippen molar-refractivity contribution in [1.82, 2.24) is 10.2 Å². The van der Waals surface area contributed by atoms with E-state index in [0.717, 1.165) is 19.4 Å². The van der Waals surface area contributed by atoms with E-state index in [1.807, 2.05) is 32.7 Å². The smallest absolute Gasteiger partial charge is 0.273 e. The Balaban J connectivity index is 2.27. The van der Waals surface area contributed by atoms with E-state index in [2.05, 4.69) is 5.32 Å². The van der Waals surface area contributed by atoms with Gasteiger partial charge in [-0.15, -0.1) is 0 Å². The van der Waals surface area contributed by atoms with Gasteiger partial charge in [-0.3, -0.25) is 14.9 Å². The molecule has 1 amide bonds. The molecule has 0 saturated carbocycles. The molecule has 6 heteroatoms. The van der Waals surface area contributed by atoms with Crippen LogP contribution in [0.25, 0.3) is 0 Å². The van der Waals surface area contributed by atoms with Gasteiger partial charge >= 0.3 is 0 Å². The molecule has 6 nitrogen and oxygen atoms in total. The van der Waals surface area contributed by atoms with Crippen LogP contribution >= 0.6 is 0 Å². The van der Waals surface area contributed by atoms with Gasteiger partial charge in [0.25, 0.3) is 11.6 Å². The molecule has 1 aliphatic heterocycles. The molecule has 1 unspecified atom stereocenters. The third kappa shape index (κ3) is 4.12. The van der Waals surface area contributed by atoms with Crippen LogP contribution in [0.3, 0.4) is 0 Å². The summed E-state index contributed by atoms with van der Waals surface area (Å²) in [6.07, 6.45) is 2.08. The summed E-state index contributed by atoms with van der Waals surface area (Å²) in [5.41, 5.74) is 0.736. The molecule has 2 rings (SSSR count). The van der Waals surface area contributed by atoms with E-state index in [9.17, 15) is 14.9 Å². The van der Waals surface area contributed by atoms with E-state index in [0.29, 0.717) is 30.1 Å². The summed E-state index contributed by atoms with van der Waals surface area (Å²) in [6.45, 7) is 8.10. The number of rotatable bonds is 4. The fourth-order valence-electron chi connectivity index (χ4n) is 3.34. The van der Waals surface area contributed by atoms with Gasteiger partial charge in [-0.2, -0.15) is 0 Å². The predicted molar refractivity (Wildman–Crippen MR) is 94.4 cm³/mol. The number of hydrogen-bond acceptors (Lipinski definition) is 4. The van der Waals surface area contributed by atoms with Gasteiger partial charge in [-0.05, 0) is 43.8 Å². The molecule has 1 atom stereocenters. The number of hydrogen-bond donors (Lipinski definition) is 1. The molecule has 1 fully saturated rings. The fourth-order valence-corrected chi connectivity index (χ4v) is 3.34. The predicted octanol–water partition coefficient (Wildman–Crippen LogP) is 2.96. The first-order valence-electron chi connectivity index (χ1n) is 8.47. The molecule has 24 heavy (non-hydrogen) atoms. The van der Waals surface area contributed by atoms with Crippen LogP contribution < -0.4 is 5.32 Å². The normalized spacial score (nSPS) is 18.5. The number of carbonyl (C=O) groups excluding carboxylic acids is 1. The summed E-state index contributed by atoms with van der Waals surface area (Å²) in [7, 11) is 1.91. The van der Waals surface area contributed by atoms with Crippen LogP contribution in [0.5, 0.6) is 0 Å². The van der Waals surface area contributed by atoms with E-state index in [4.69, 9.17) is 0 Å². The summed E-state index contributed by atoms with van der Waals surface area (Å²) in [4.78, 5) is 25.6. The Morgan fingerprint density at radius 1 is 1.42 bits per heavy atom. The lowest BCUT2D eigenvalue weighted by molar-refractivity contribution is -0.386. The summed E-state index contributed by atoms with van der Waals surface area (Å²) in [6, 6.07) is 4.88. The number of nitrogens with one attached hydrogen (secondary N) is 1. The lowest BCUT2D eigenvalue weighted by Gasteiger charge is -2.33. The molecule has 1 aromatic carbocycles. The molecule has 1 aliphatic rings. The van der Waals surface area contributed by atoms with E-state index in [1.165, 1.54) is 6.07 Å². The topological polar surface area (TPSA) is 75.5 Å². The van der Waals surface area contributed by atoms with Crippen molar-refractivity contribution in [2.45, 2.75) is 39.0 Å². The third-order valence-electron chi connectivity index (χ3n) is 4.55. The van der Waals surface area contributed by atoms with Crippen molar-refractivity contribution in [2.75, 3.05) is 26.7 Å². The van der Waals surface area contributed by atoms with E-state index in [-0.39, 0.29) is 17.0 Å². The standard InChI is InChI=1S/C18H27N3O3/c1-18(2,3)15-8-7-14(10-16(15)21(23)24)17(22)20-9-5-6-13(12-20)11-19-4/h7-8,10,13,19H,5-6,9,11-12H2,1-4H3. The Bertz CT molecular complexity index is 620. The summed E-state index contributed by atoms with van der Waals surface area (Å²) in [5.74, 6) is 0.330. The maximum Gasteiger partial charge on any atom is 0.273 e. The molecule has 0 spiro atoms. The van der Waals surface area contributed by atoms with Crippen molar-refractivity contribution in [1.29, 1.82) is 0 Å². The highest BCUT2D eigenvalue weighted by Crippen LogP contribution is 2.32. The van der Waals surface area contributed by atoms with Gasteiger partial charge in [0.1, 0.15) is 0 Å². The Kier molecular flexibility index (Phi) is 5.59. The van der Waals surface area contributed by atoms with Crippen LogP contribution in [0.4, 0.5) is 5.69 Å². The Hall–Kier alpha value is -1.95. The van der Waals surface area contributed by atoms with Crippen LogP contribution in [0.2, 0.25) is 0 Å². The average molecular weight is 333 g/mol. The Labute approximate surface area is 143 Å². The van der Waals surface area contributed by atoms with Crippen LogP contribution in [-0.4, -0.2) is 42.4 Å². The van der Waals surface area contributed by atoms with Crippen molar-refractivity contribution < 1.29 is 9.72 Å². The van der Waals surface area contributed by atoms with Crippen molar-refractivity contribution in [3.63, 3.8) is 0 Å². The molecule has 1 heterocycles. The van der Waals surface area contributed by atoms with E-state index >= 15 is 0 Å². The SMILES string of the molecule is CNCC1CCCN(C(=O)c2ccc(C(C)(C)C)c([N+](=O)[O-])c2)C1. The first-order chi connectivity index (χ1) is 11.2. The van der Waals surface area contributed by atoms with Crippen LogP contribution in [0.15, 0.2) is 18.2 Å². The highest BCUT2D eigenvalue weighted by Gasteiger charge is 2.29. The van der Waals surface area contributed by atoms with Crippen molar-refractivity contribution in [3.05, 3.63) is 39.4 Å². The molecular weight excluding hydrogens is 306 g/mol. The number of nitro groups is 1. The van der Waals surface area contributed by atoms with E-state index in [1.54, 1.807) is 12.1 Å². The lowest BCUT2D eigenvalue weighted by atomic mass is 9.85. The lowest BCUT2D eigenvalue weighted by Crippen LogP contribution is -2.42. The second-order valence-electron chi connectivity index (χ2n) is 7.56. The van der Waals surface area contributed by atoms with Gasteiger partial charge in [0.2, 0.25) is 0 Å². The quantitative estimate of drug-likeness (QED) is 0.679. The largest absolute Gasteiger partial charge is 0.338 e. The van der Waals surface area contributed by atoms with Gasteiger partial charge in [0.15, 0.2) is 0 Å². The minimum Gasteiger partial charge on any atom is -0.338 e. The monoisotopic (exact) mass is 333 g/mol. The second-order valence-corrected chi connectivity index (χ2v) is 7.56. The zero-order valence-corrected chi connectivity index (χ0v) is 15.0. The zero-order valence-electron chi connectivity index (χ0n) is 15.0. The summed E-state index contributed by atoms with van der Waals surface area (Å²) >= 11 is 0. The highest BCUT2D eigenvalue weighted by molar-refractivity contribution is 5.95. The molecule has 1 saturated heterocycles. The van der Waals surface area contributed by atoms with Gasteiger partial charge < -0.3 is 10.2 Å². The Morgan fingerprint density at radius 2 is 2.12 bits per heavy atom. The number of piperidine rings is 1. The molecule has 132 valence electrons. The number of nitrogens with zero attached hydrogens (tertiary/aromatic N) is 2. The molecule has 0 radical (unpaired) electrons. The van der Waals surface area contributed by atoms with Gasteiger partial charge in [0.05, 0.1) is 4.92 Å². The molecule has 1 N–H and O–H groups in total. The molecule has 1 aromatic rings. The number of benzene rings is 1. The van der Waals surface area contributed by atoms with Crippen molar-refractivity contribution >= 4 is 11.6 Å². The average Bonchev–Trinajstić information content (AvgIpc) is 2.53. The highest BCUT2D eigenvalue weighted by atomic mass is 16.6. The van der Waals surface area contributed by atoms with Crippen molar-refractivity contribution in [3.8, 4) is 0 Å². The Morgan fingerprint density at radius 3 is 2.71 bits per heavy atom. The van der Waals surface area contributed by atoms with Gasteiger partial charge in [0, 0.05) is 30.3 Å². The minimum atomic E-state index is -0.391. The number of likely N-dealkylation sites (tertiary alicyclic amines) is 1. The number of amides is 1. The number of nitro benzene ring substituents is 1. The summed E-state index contributed by atoms with van der Waals surface area (Å²) in [5, 5.41) is 14.6. The van der Waals surface area contributed by atoms with Gasteiger partial charge in [-0.1, -0.05) is 26.8 Å². The van der Waals surface area contributed by atoms with Crippen LogP contribution in [-0.2, 0) is 5.41 Å². The first kappa shape index (κ1) is 18.4. The fraction of sp³-hybridized carbons (Fsp3) is 0.611. The molecular formula is C18H27N3O3. The molecule has 0 bridgehead atoms. The van der Waals surface area contributed by atoms with E-state index < -0.39 is 4.92 Å². The van der Waals surface area contributed by atoms with Crippen LogP contribution in [0, 0.1) is 16.0 Å². The number of carbonyl (C=O) groups is 1. The van der Waals surface area contributed by atoms with Gasteiger partial charge in [-0.25, -0.2) is 0 Å². The first-order valence-corrected chi connectivity index (χ1v) is 8.47. The zero-order chi connectivity index (χ0) is 17.9. The van der Waals surface area contributed by atoms with Crippen molar-refractivity contribution in [2.24, 2.45) is 5.92 Å². The van der Waals surface area contributed by atoms with Crippen LogP contribution in [0.1, 0.15) is 49.5 Å². The summed E-state index contributed by atoms with van der Waals surface area (Å²) < 4.78 is 0. The third-order valence-corrected chi connectivity index (χ3v) is 4.55. The minimum absolute atomic E-state index is 0.0251. The maximum absolute atomic E-state index is 12.8. The second kappa shape index (κ2) is 7.30. The maximum atomic E-state index is 12.8. The molecule has 0 aromatic heterocycles. The molecule has 0 aliphatic carbocycles.